The van der Waals surface area contributed by atoms with E-state index in [-0.39, 0.29) is 18.3 Å². The number of esters is 1. The smallest absolute Gasteiger partial charge is 0.311 e. The lowest BCUT2D eigenvalue weighted by atomic mass is 9.85. The van der Waals surface area contributed by atoms with Gasteiger partial charge in [-0.3, -0.25) is 9.59 Å². The van der Waals surface area contributed by atoms with Gasteiger partial charge in [0.25, 0.3) is 0 Å². The molecule has 0 radical (unpaired) electrons. The molecule has 4 nitrogen and oxygen atoms in total. The number of carbonyl (C=O) groups excluding carboxylic acids is 2. The Balaban J connectivity index is 2.74. The first-order valence-corrected chi connectivity index (χ1v) is 5.79. The second kappa shape index (κ2) is 5.67. The van der Waals surface area contributed by atoms with Crippen LogP contribution in [0.15, 0.2) is 24.3 Å². The summed E-state index contributed by atoms with van der Waals surface area (Å²) in [5, 5.41) is 0. The number of benzene rings is 1. The van der Waals surface area contributed by atoms with Crippen molar-refractivity contribution in [2.45, 2.75) is 26.7 Å². The number of methoxy groups -OCH3 is 1. The Morgan fingerprint density at radius 3 is 2.11 bits per heavy atom. The van der Waals surface area contributed by atoms with Crippen LogP contribution in [0.25, 0.3) is 0 Å². The molecule has 98 valence electrons. The number of ether oxygens (including phenoxy) is 1. The lowest BCUT2D eigenvalue weighted by molar-refractivity contribution is -0.150. The predicted molar refractivity (Wildman–Crippen MR) is 68.8 cm³/mol. The van der Waals surface area contributed by atoms with Crippen LogP contribution in [0.1, 0.15) is 25.0 Å². The van der Waals surface area contributed by atoms with Crippen molar-refractivity contribution in [2.75, 3.05) is 7.11 Å². The van der Waals surface area contributed by atoms with Gasteiger partial charge < -0.3 is 10.5 Å². The largest absolute Gasteiger partial charge is 0.469 e. The molecule has 1 aromatic carbocycles. The van der Waals surface area contributed by atoms with Gasteiger partial charge in [0.1, 0.15) is 0 Å². The number of rotatable bonds is 5. The molecule has 0 aromatic heterocycles. The molecule has 1 rings (SSSR count). The van der Waals surface area contributed by atoms with E-state index >= 15 is 0 Å². The molecule has 0 aliphatic carbocycles. The molecule has 0 unspecified atom stereocenters. The number of primary amides is 1. The molecule has 0 aliphatic heterocycles. The van der Waals surface area contributed by atoms with Gasteiger partial charge in [0, 0.05) is 0 Å². The first-order chi connectivity index (χ1) is 8.35. The van der Waals surface area contributed by atoms with Crippen LogP contribution in [0.3, 0.4) is 0 Å². The topological polar surface area (TPSA) is 69.4 Å². The summed E-state index contributed by atoms with van der Waals surface area (Å²) in [6.07, 6.45) is 0.831. The summed E-state index contributed by atoms with van der Waals surface area (Å²) >= 11 is 0. The predicted octanol–water partition coefficient (Wildman–Crippen LogP) is 1.46. The Morgan fingerprint density at radius 2 is 1.67 bits per heavy atom. The average Bonchev–Trinajstić information content (AvgIpc) is 2.29. The quantitative estimate of drug-likeness (QED) is 0.803. The van der Waals surface area contributed by atoms with E-state index in [1.54, 1.807) is 0 Å². The summed E-state index contributed by atoms with van der Waals surface area (Å²) in [4.78, 5) is 22.3. The zero-order valence-corrected chi connectivity index (χ0v) is 11.0. The van der Waals surface area contributed by atoms with E-state index in [4.69, 9.17) is 10.5 Å². The molecule has 0 heterocycles. The van der Waals surface area contributed by atoms with E-state index in [9.17, 15) is 9.59 Å². The molecule has 0 bridgehead atoms. The Kier molecular flexibility index (Phi) is 4.48. The van der Waals surface area contributed by atoms with Crippen molar-refractivity contribution in [1.82, 2.24) is 0 Å². The van der Waals surface area contributed by atoms with Crippen LogP contribution in [0.4, 0.5) is 0 Å². The van der Waals surface area contributed by atoms with Crippen molar-refractivity contribution >= 4 is 11.9 Å². The zero-order valence-electron chi connectivity index (χ0n) is 11.0. The van der Waals surface area contributed by atoms with Crippen molar-refractivity contribution in [3.05, 3.63) is 35.4 Å². The molecule has 0 atom stereocenters. The van der Waals surface area contributed by atoms with Gasteiger partial charge in [-0.05, 0) is 31.4 Å². The standard InChI is InChI=1S/C14H19NO3/c1-14(2,13(17)18-3)9-11-6-4-10(5-7-11)8-12(15)16/h4-7H,8-9H2,1-3H3,(H2,15,16). The minimum Gasteiger partial charge on any atom is -0.469 e. The molecule has 0 aliphatic rings. The number of amides is 1. The van der Waals surface area contributed by atoms with Crippen LogP contribution in [-0.2, 0) is 27.2 Å². The Morgan fingerprint density at radius 1 is 1.17 bits per heavy atom. The number of hydrogen-bond acceptors (Lipinski definition) is 3. The van der Waals surface area contributed by atoms with Crippen molar-refractivity contribution in [2.24, 2.45) is 11.1 Å². The maximum Gasteiger partial charge on any atom is 0.311 e. The number of hydrogen-bond donors (Lipinski definition) is 1. The van der Waals surface area contributed by atoms with Crippen molar-refractivity contribution in [3.8, 4) is 0 Å². The third-order valence-electron chi connectivity index (χ3n) is 2.79. The molecule has 0 fully saturated rings. The fourth-order valence-corrected chi connectivity index (χ4v) is 1.83. The Labute approximate surface area is 107 Å². The highest BCUT2D eigenvalue weighted by molar-refractivity contribution is 5.77. The van der Waals surface area contributed by atoms with Crippen molar-refractivity contribution in [1.29, 1.82) is 0 Å². The van der Waals surface area contributed by atoms with Gasteiger partial charge in [-0.25, -0.2) is 0 Å². The minimum atomic E-state index is -0.556. The first kappa shape index (κ1) is 14.2. The molecular weight excluding hydrogens is 230 g/mol. The van der Waals surface area contributed by atoms with Gasteiger partial charge in [0.15, 0.2) is 0 Å². The summed E-state index contributed by atoms with van der Waals surface area (Å²) in [7, 11) is 1.39. The second-order valence-electron chi connectivity index (χ2n) is 5.01. The lowest BCUT2D eigenvalue weighted by Gasteiger charge is -2.21. The van der Waals surface area contributed by atoms with Gasteiger partial charge >= 0.3 is 5.97 Å². The van der Waals surface area contributed by atoms with E-state index < -0.39 is 5.41 Å². The highest BCUT2D eigenvalue weighted by Gasteiger charge is 2.28. The zero-order chi connectivity index (χ0) is 13.8. The summed E-state index contributed by atoms with van der Waals surface area (Å²) in [5.74, 6) is -0.582. The maximum atomic E-state index is 11.6. The van der Waals surface area contributed by atoms with Gasteiger partial charge in [-0.15, -0.1) is 0 Å². The molecule has 1 aromatic rings. The van der Waals surface area contributed by atoms with Crippen LogP contribution in [0.2, 0.25) is 0 Å². The molecule has 2 N–H and O–H groups in total. The van der Waals surface area contributed by atoms with Crippen LogP contribution in [0, 0.1) is 5.41 Å². The van der Waals surface area contributed by atoms with Crippen LogP contribution in [0.5, 0.6) is 0 Å². The fourth-order valence-electron chi connectivity index (χ4n) is 1.83. The summed E-state index contributed by atoms with van der Waals surface area (Å²) in [6.45, 7) is 3.69. The molecule has 4 heteroatoms. The summed E-state index contributed by atoms with van der Waals surface area (Å²) in [6, 6.07) is 7.52. The summed E-state index contributed by atoms with van der Waals surface area (Å²) in [5.41, 5.74) is 6.47. The average molecular weight is 249 g/mol. The minimum absolute atomic E-state index is 0.233. The second-order valence-corrected chi connectivity index (χ2v) is 5.01. The number of nitrogens with two attached hydrogens (primary N) is 1. The Bertz CT molecular complexity index is 435. The van der Waals surface area contributed by atoms with Crippen molar-refractivity contribution in [3.63, 3.8) is 0 Å². The molecule has 1 amide bonds. The SMILES string of the molecule is COC(=O)C(C)(C)Cc1ccc(CC(N)=O)cc1. The molecule has 0 saturated carbocycles. The highest BCUT2D eigenvalue weighted by Crippen LogP contribution is 2.23. The lowest BCUT2D eigenvalue weighted by Crippen LogP contribution is -2.27. The third-order valence-corrected chi connectivity index (χ3v) is 2.79. The van der Waals surface area contributed by atoms with Gasteiger partial charge in [-0.1, -0.05) is 24.3 Å². The molecule has 0 saturated heterocycles. The Hall–Kier alpha value is -1.84. The van der Waals surface area contributed by atoms with Gasteiger partial charge in [-0.2, -0.15) is 0 Å². The van der Waals surface area contributed by atoms with Crippen LogP contribution >= 0.6 is 0 Å². The number of carbonyl (C=O) groups is 2. The highest BCUT2D eigenvalue weighted by atomic mass is 16.5. The monoisotopic (exact) mass is 249 g/mol. The molecular formula is C14H19NO3. The van der Waals surface area contributed by atoms with Gasteiger partial charge in [0.05, 0.1) is 18.9 Å². The van der Waals surface area contributed by atoms with E-state index in [0.29, 0.717) is 6.42 Å². The maximum absolute atomic E-state index is 11.6. The van der Waals surface area contributed by atoms with E-state index in [0.717, 1.165) is 11.1 Å². The first-order valence-electron chi connectivity index (χ1n) is 5.79. The third kappa shape index (κ3) is 3.87. The van der Waals surface area contributed by atoms with E-state index in [1.807, 2.05) is 38.1 Å². The van der Waals surface area contributed by atoms with E-state index in [1.165, 1.54) is 7.11 Å². The summed E-state index contributed by atoms with van der Waals surface area (Å²) < 4.78 is 4.76. The van der Waals surface area contributed by atoms with E-state index in [2.05, 4.69) is 0 Å². The fraction of sp³-hybridized carbons (Fsp3) is 0.429. The van der Waals surface area contributed by atoms with Crippen LogP contribution in [-0.4, -0.2) is 19.0 Å². The van der Waals surface area contributed by atoms with Crippen molar-refractivity contribution < 1.29 is 14.3 Å². The molecule has 18 heavy (non-hydrogen) atoms. The molecule has 0 spiro atoms. The van der Waals surface area contributed by atoms with Crippen LogP contribution < -0.4 is 5.73 Å². The van der Waals surface area contributed by atoms with Gasteiger partial charge in [0.2, 0.25) is 5.91 Å². The normalized spacial score (nSPS) is 11.1.